The van der Waals surface area contributed by atoms with Crippen molar-refractivity contribution in [3.05, 3.63) is 26.3 Å². The van der Waals surface area contributed by atoms with Gasteiger partial charge < -0.3 is 17.8 Å². The Morgan fingerprint density at radius 1 is 0.625 bits per heavy atom. The molecule has 4 heteroatoms. The third-order valence-corrected chi connectivity index (χ3v) is 0. The standard InChI is InChI=1S/2C2H4.Cu.2H3N.H2O/c2*1-2;;;;/h2*1-2H2;;2*1H3;1H2. The zero-order valence-corrected chi connectivity index (χ0v) is 5.99. The van der Waals surface area contributed by atoms with Crippen molar-refractivity contribution in [3.63, 3.8) is 0 Å². The summed E-state index contributed by atoms with van der Waals surface area (Å²) in [5.74, 6) is 0. The van der Waals surface area contributed by atoms with Gasteiger partial charge in [0.1, 0.15) is 0 Å². The summed E-state index contributed by atoms with van der Waals surface area (Å²) < 4.78 is 0. The Kier molecular flexibility index (Phi) is 216000. The summed E-state index contributed by atoms with van der Waals surface area (Å²) in [5, 5.41) is 0. The SMILES string of the molecule is C=C.C=C.N.N.O.[Cu]. The maximum absolute atomic E-state index is 3.00. The summed E-state index contributed by atoms with van der Waals surface area (Å²) in [6.07, 6.45) is 0. The molecule has 59 valence electrons. The van der Waals surface area contributed by atoms with Crippen molar-refractivity contribution in [2.45, 2.75) is 0 Å². The van der Waals surface area contributed by atoms with Gasteiger partial charge in [0.15, 0.2) is 0 Å². The van der Waals surface area contributed by atoms with E-state index in [-0.39, 0.29) is 34.8 Å². The molecule has 0 aromatic rings. The van der Waals surface area contributed by atoms with Crippen molar-refractivity contribution in [1.82, 2.24) is 12.3 Å². The van der Waals surface area contributed by atoms with Crippen LogP contribution in [0.1, 0.15) is 0 Å². The number of hydrogen-bond acceptors (Lipinski definition) is 2. The Morgan fingerprint density at radius 3 is 0.625 bits per heavy atom. The predicted molar refractivity (Wildman–Crippen MR) is 36.2 cm³/mol. The van der Waals surface area contributed by atoms with Gasteiger partial charge in [-0.1, -0.05) is 0 Å². The molecule has 0 amide bonds. The normalized spacial score (nSPS) is 1.00. The largest absolute Gasteiger partial charge is 0.412 e. The second-order valence-corrected chi connectivity index (χ2v) is 0. The Bertz CT molecular complexity index is 16.0. The summed E-state index contributed by atoms with van der Waals surface area (Å²) in [4.78, 5) is 0. The van der Waals surface area contributed by atoms with Gasteiger partial charge in [-0.2, -0.15) is 0 Å². The van der Waals surface area contributed by atoms with E-state index in [2.05, 4.69) is 26.3 Å². The van der Waals surface area contributed by atoms with Crippen LogP contribution in [0.15, 0.2) is 26.3 Å². The van der Waals surface area contributed by atoms with E-state index in [1.807, 2.05) is 0 Å². The molecule has 1 radical (unpaired) electrons. The minimum absolute atomic E-state index is 0. The van der Waals surface area contributed by atoms with Gasteiger partial charge in [-0.3, -0.25) is 0 Å². The molecule has 8 N–H and O–H groups in total. The first kappa shape index (κ1) is 106. The van der Waals surface area contributed by atoms with Gasteiger partial charge >= 0.3 is 0 Å². The van der Waals surface area contributed by atoms with Gasteiger partial charge in [0.2, 0.25) is 0 Å². The fraction of sp³-hybridized carbons (Fsp3) is 0. The van der Waals surface area contributed by atoms with Crippen molar-refractivity contribution in [2.24, 2.45) is 0 Å². The summed E-state index contributed by atoms with van der Waals surface area (Å²) >= 11 is 0. The third-order valence-electron chi connectivity index (χ3n) is 0. The molecule has 0 saturated heterocycles. The van der Waals surface area contributed by atoms with Crippen molar-refractivity contribution in [3.8, 4) is 0 Å². The van der Waals surface area contributed by atoms with Crippen LogP contribution in [0.25, 0.3) is 0 Å². The van der Waals surface area contributed by atoms with Crippen molar-refractivity contribution in [2.75, 3.05) is 0 Å². The molecule has 3 nitrogen and oxygen atoms in total. The second kappa shape index (κ2) is 16400. The van der Waals surface area contributed by atoms with Crippen LogP contribution in [0.4, 0.5) is 0 Å². The van der Waals surface area contributed by atoms with E-state index in [1.54, 1.807) is 0 Å². The van der Waals surface area contributed by atoms with Crippen LogP contribution in [-0.2, 0) is 17.1 Å². The van der Waals surface area contributed by atoms with Gasteiger partial charge in [0, 0.05) is 17.1 Å². The molecule has 0 aliphatic heterocycles. The second-order valence-electron chi connectivity index (χ2n) is 0. The van der Waals surface area contributed by atoms with E-state index < -0.39 is 0 Å². The molecule has 0 aromatic heterocycles. The zero-order valence-electron chi connectivity index (χ0n) is 5.04. The molecule has 0 unspecified atom stereocenters. The Balaban J connectivity index is -0.00000000167. The van der Waals surface area contributed by atoms with Crippen LogP contribution in [0.3, 0.4) is 0 Å². The van der Waals surface area contributed by atoms with E-state index in [1.165, 1.54) is 0 Å². The van der Waals surface area contributed by atoms with E-state index in [4.69, 9.17) is 0 Å². The molecule has 0 saturated carbocycles. The summed E-state index contributed by atoms with van der Waals surface area (Å²) in [6.45, 7) is 12.0. The average molecular weight is 172 g/mol. The molecule has 0 atom stereocenters. The quantitative estimate of drug-likeness (QED) is 0.421. The topological polar surface area (TPSA) is 102 Å². The van der Waals surface area contributed by atoms with Crippen LogP contribution >= 0.6 is 0 Å². The molecule has 0 rings (SSSR count). The van der Waals surface area contributed by atoms with Crippen LogP contribution in [0.2, 0.25) is 0 Å². The fourth-order valence-electron chi connectivity index (χ4n) is 0. The van der Waals surface area contributed by atoms with Gasteiger partial charge in [0.05, 0.1) is 0 Å². The molecule has 0 aliphatic rings. The van der Waals surface area contributed by atoms with E-state index in [0.29, 0.717) is 0 Å². The molecular weight excluding hydrogens is 156 g/mol. The van der Waals surface area contributed by atoms with Gasteiger partial charge in [-0.15, -0.1) is 26.3 Å². The molecule has 8 heavy (non-hydrogen) atoms. The number of hydrogen-bond donors (Lipinski definition) is 2. The smallest absolute Gasteiger partial charge is 0 e. The third kappa shape index (κ3) is 9640. The number of rotatable bonds is 0. The minimum Gasteiger partial charge on any atom is -0.412 e. The maximum Gasteiger partial charge on any atom is 0 e. The van der Waals surface area contributed by atoms with Gasteiger partial charge in [-0.25, -0.2) is 0 Å². The zero-order chi connectivity index (χ0) is 4.00. The molecule has 0 aliphatic carbocycles. The molecule has 0 fully saturated rings. The van der Waals surface area contributed by atoms with E-state index >= 15 is 0 Å². The Labute approximate surface area is 61.8 Å². The molecule has 0 spiro atoms. The first-order chi connectivity index (χ1) is 2.00. The summed E-state index contributed by atoms with van der Waals surface area (Å²) in [6, 6.07) is 0. The van der Waals surface area contributed by atoms with Crippen LogP contribution < -0.4 is 12.3 Å². The maximum atomic E-state index is 3.00. The van der Waals surface area contributed by atoms with Crippen molar-refractivity contribution >= 4 is 0 Å². The van der Waals surface area contributed by atoms with E-state index in [9.17, 15) is 0 Å². The van der Waals surface area contributed by atoms with Crippen LogP contribution in [0.5, 0.6) is 0 Å². The van der Waals surface area contributed by atoms with Crippen molar-refractivity contribution < 1.29 is 22.5 Å². The van der Waals surface area contributed by atoms with Crippen LogP contribution in [0, 0.1) is 0 Å². The fourth-order valence-corrected chi connectivity index (χ4v) is 0. The first-order valence-electron chi connectivity index (χ1n) is 1.000. The monoisotopic (exact) mass is 171 g/mol. The van der Waals surface area contributed by atoms with E-state index in [0.717, 1.165) is 0 Å². The van der Waals surface area contributed by atoms with Crippen molar-refractivity contribution in [1.29, 1.82) is 0 Å². The Morgan fingerprint density at radius 2 is 0.625 bits per heavy atom. The molecule has 0 heterocycles. The average Bonchev–Trinajstić information content (AvgIpc) is 1.50. The summed E-state index contributed by atoms with van der Waals surface area (Å²) in [5.41, 5.74) is 0. The first-order valence-corrected chi connectivity index (χ1v) is 1.000. The summed E-state index contributed by atoms with van der Waals surface area (Å²) in [7, 11) is 0. The predicted octanol–water partition coefficient (Wildman–Crippen LogP) is 1.10. The molecule has 0 aromatic carbocycles. The van der Waals surface area contributed by atoms with Gasteiger partial charge in [-0.05, 0) is 0 Å². The van der Waals surface area contributed by atoms with Crippen LogP contribution in [-0.4, -0.2) is 5.48 Å². The Hall–Kier alpha value is -0.121. The molecule has 0 bridgehead atoms. The van der Waals surface area contributed by atoms with Gasteiger partial charge in [0.25, 0.3) is 0 Å². The minimum atomic E-state index is 0. The molecular formula is C4H16CuN2O.